The van der Waals surface area contributed by atoms with Gasteiger partial charge in [-0.1, -0.05) is 23.7 Å². The summed E-state index contributed by atoms with van der Waals surface area (Å²) in [6.07, 6.45) is 0.320. The lowest BCUT2D eigenvalue weighted by atomic mass is 10.1. The third-order valence-electron chi connectivity index (χ3n) is 2.52. The van der Waals surface area contributed by atoms with Gasteiger partial charge in [0.05, 0.1) is 14.8 Å². The molecule has 96 valence electrons. The maximum absolute atomic E-state index is 11.3. The highest BCUT2D eigenvalue weighted by Gasteiger charge is 2.16. The smallest absolute Gasteiger partial charge is 0.175 e. The molecule has 1 heterocycles. The molecule has 2 aromatic rings. The van der Waals surface area contributed by atoms with Gasteiger partial charge in [-0.25, -0.2) is 8.42 Å². The Hall–Kier alpha value is -0.880. The Morgan fingerprint density at radius 2 is 1.83 bits per heavy atom. The lowest BCUT2D eigenvalue weighted by Gasteiger charge is -2.10. The fourth-order valence-electron chi connectivity index (χ4n) is 1.55. The first-order valence-electron chi connectivity index (χ1n) is 5.10. The topological polar surface area (TPSA) is 54.4 Å². The molecule has 1 unspecified atom stereocenters. The summed E-state index contributed by atoms with van der Waals surface area (Å²) in [6.45, 7) is 0. The average molecular weight is 303 g/mol. The van der Waals surface area contributed by atoms with Gasteiger partial charge in [-0.2, -0.15) is 0 Å². The van der Waals surface area contributed by atoms with Crippen LogP contribution in [0.3, 0.4) is 0 Å². The van der Waals surface area contributed by atoms with E-state index in [0.717, 1.165) is 6.26 Å². The third-order valence-corrected chi connectivity index (χ3v) is 5.06. The van der Waals surface area contributed by atoms with Crippen molar-refractivity contribution in [2.24, 2.45) is 0 Å². The molecule has 18 heavy (non-hydrogen) atoms. The minimum atomic E-state index is -3.21. The Morgan fingerprint density at radius 1 is 1.22 bits per heavy atom. The van der Waals surface area contributed by atoms with Crippen molar-refractivity contribution in [1.29, 1.82) is 0 Å². The number of aliphatic hydroxyl groups is 1. The summed E-state index contributed by atoms with van der Waals surface area (Å²) in [5.74, 6) is 0. The van der Waals surface area contributed by atoms with E-state index in [1.54, 1.807) is 23.6 Å². The van der Waals surface area contributed by atoms with Crippen LogP contribution in [0.2, 0.25) is 5.02 Å². The molecule has 0 amide bonds. The van der Waals surface area contributed by atoms with Gasteiger partial charge >= 0.3 is 0 Å². The molecule has 0 aliphatic heterocycles. The molecule has 0 spiro atoms. The second-order valence-corrected chi connectivity index (χ2v) is 7.25. The minimum absolute atomic E-state index is 0.232. The van der Waals surface area contributed by atoms with Gasteiger partial charge in [-0.3, -0.25) is 0 Å². The van der Waals surface area contributed by atoms with E-state index in [2.05, 4.69) is 0 Å². The molecule has 0 bridgehead atoms. The summed E-state index contributed by atoms with van der Waals surface area (Å²) in [4.78, 5) is 0.888. The van der Waals surface area contributed by atoms with E-state index in [9.17, 15) is 13.5 Å². The molecular formula is C12H11ClO3S2. The van der Waals surface area contributed by atoms with Crippen molar-refractivity contribution in [3.8, 4) is 0 Å². The highest BCUT2D eigenvalue weighted by atomic mass is 35.5. The third kappa shape index (κ3) is 2.75. The van der Waals surface area contributed by atoms with E-state index in [1.165, 1.54) is 23.5 Å². The van der Waals surface area contributed by atoms with Crippen molar-refractivity contribution in [3.63, 3.8) is 0 Å². The van der Waals surface area contributed by atoms with Gasteiger partial charge in [0, 0.05) is 6.26 Å². The summed E-state index contributed by atoms with van der Waals surface area (Å²) in [5, 5.41) is 12.4. The van der Waals surface area contributed by atoms with E-state index < -0.39 is 15.9 Å². The van der Waals surface area contributed by atoms with Crippen molar-refractivity contribution in [2.75, 3.05) is 6.26 Å². The molecule has 0 radical (unpaired) electrons. The van der Waals surface area contributed by atoms with Crippen molar-refractivity contribution >= 4 is 32.8 Å². The molecule has 1 aromatic carbocycles. The van der Waals surface area contributed by atoms with E-state index in [4.69, 9.17) is 11.6 Å². The Bertz CT molecular complexity index is 644. The van der Waals surface area contributed by atoms with Crippen molar-refractivity contribution in [2.45, 2.75) is 11.0 Å². The molecule has 6 heteroatoms. The fourth-order valence-corrected chi connectivity index (χ4v) is 3.35. The zero-order valence-corrected chi connectivity index (χ0v) is 11.9. The lowest BCUT2D eigenvalue weighted by Crippen LogP contribution is -2.00. The van der Waals surface area contributed by atoms with Crippen molar-refractivity contribution < 1.29 is 13.5 Å². The molecule has 1 aromatic heterocycles. The summed E-state index contributed by atoms with van der Waals surface area (Å²) >= 11 is 7.30. The number of rotatable bonds is 3. The summed E-state index contributed by atoms with van der Waals surface area (Å²) in [7, 11) is -3.21. The SMILES string of the molecule is CS(=O)(=O)c1ccc(C(O)c2sccc2Cl)cc1. The van der Waals surface area contributed by atoms with Crippen LogP contribution in [0.5, 0.6) is 0 Å². The van der Waals surface area contributed by atoms with E-state index in [-0.39, 0.29) is 4.90 Å². The molecule has 0 aliphatic rings. The zero-order chi connectivity index (χ0) is 13.3. The zero-order valence-electron chi connectivity index (χ0n) is 9.50. The molecule has 0 saturated carbocycles. The first-order valence-corrected chi connectivity index (χ1v) is 8.25. The Kier molecular flexibility index (Phi) is 3.77. The Morgan fingerprint density at radius 3 is 2.28 bits per heavy atom. The van der Waals surface area contributed by atoms with Gasteiger partial charge in [0.25, 0.3) is 0 Å². The quantitative estimate of drug-likeness (QED) is 0.948. The second-order valence-electron chi connectivity index (χ2n) is 3.88. The summed E-state index contributed by atoms with van der Waals surface area (Å²) in [5.41, 5.74) is 0.617. The molecule has 0 fully saturated rings. The second kappa shape index (κ2) is 5.01. The minimum Gasteiger partial charge on any atom is -0.383 e. The Labute approximate surface area is 115 Å². The summed E-state index contributed by atoms with van der Waals surface area (Å²) in [6, 6.07) is 7.87. The van der Waals surface area contributed by atoms with Crippen LogP contribution < -0.4 is 0 Å². The summed E-state index contributed by atoms with van der Waals surface area (Å²) < 4.78 is 22.6. The number of benzene rings is 1. The van der Waals surface area contributed by atoms with E-state index >= 15 is 0 Å². The number of sulfone groups is 1. The molecular weight excluding hydrogens is 292 g/mol. The van der Waals surface area contributed by atoms with Crippen LogP contribution in [0.25, 0.3) is 0 Å². The van der Waals surface area contributed by atoms with Gasteiger partial charge in [0.1, 0.15) is 6.10 Å². The van der Waals surface area contributed by atoms with E-state index in [0.29, 0.717) is 15.5 Å². The number of hydrogen-bond acceptors (Lipinski definition) is 4. The van der Waals surface area contributed by atoms with Crippen LogP contribution in [-0.4, -0.2) is 19.8 Å². The van der Waals surface area contributed by atoms with Gasteiger partial charge < -0.3 is 5.11 Å². The van der Waals surface area contributed by atoms with Crippen LogP contribution in [0.4, 0.5) is 0 Å². The number of thiophene rings is 1. The maximum Gasteiger partial charge on any atom is 0.175 e. The van der Waals surface area contributed by atoms with Gasteiger partial charge in [-0.05, 0) is 29.1 Å². The van der Waals surface area contributed by atoms with Crippen molar-refractivity contribution in [1.82, 2.24) is 0 Å². The Balaban J connectivity index is 2.33. The number of hydrogen-bond donors (Lipinski definition) is 1. The molecule has 2 rings (SSSR count). The highest BCUT2D eigenvalue weighted by Crippen LogP contribution is 2.32. The van der Waals surface area contributed by atoms with Gasteiger partial charge in [0.2, 0.25) is 0 Å². The average Bonchev–Trinajstić information content (AvgIpc) is 2.73. The van der Waals surface area contributed by atoms with Crippen LogP contribution in [0.15, 0.2) is 40.6 Å². The molecule has 1 N–H and O–H groups in total. The maximum atomic E-state index is 11.3. The van der Waals surface area contributed by atoms with Crippen LogP contribution in [-0.2, 0) is 9.84 Å². The first-order chi connectivity index (χ1) is 8.39. The molecule has 1 atom stereocenters. The molecule has 3 nitrogen and oxygen atoms in total. The van der Waals surface area contributed by atoms with Gasteiger partial charge in [0.15, 0.2) is 9.84 Å². The first kappa shape index (κ1) is 13.5. The van der Waals surface area contributed by atoms with Crippen LogP contribution in [0, 0.1) is 0 Å². The predicted octanol–water partition coefficient (Wildman–Crippen LogP) is 2.89. The van der Waals surface area contributed by atoms with E-state index in [1.807, 2.05) is 0 Å². The molecule has 0 saturated heterocycles. The predicted molar refractivity (Wildman–Crippen MR) is 72.9 cm³/mol. The van der Waals surface area contributed by atoms with Crippen molar-refractivity contribution in [3.05, 3.63) is 51.2 Å². The monoisotopic (exact) mass is 302 g/mol. The number of halogens is 1. The van der Waals surface area contributed by atoms with Crippen LogP contribution in [0.1, 0.15) is 16.5 Å². The number of aliphatic hydroxyl groups excluding tert-OH is 1. The lowest BCUT2D eigenvalue weighted by molar-refractivity contribution is 0.224. The standard InChI is InChI=1S/C12H11ClO3S2/c1-18(15,16)9-4-2-8(3-5-9)11(14)12-10(13)6-7-17-12/h2-7,11,14H,1H3. The normalized spacial score (nSPS) is 13.5. The highest BCUT2D eigenvalue weighted by molar-refractivity contribution is 7.90. The largest absolute Gasteiger partial charge is 0.383 e. The molecule has 0 aliphatic carbocycles. The van der Waals surface area contributed by atoms with Gasteiger partial charge in [-0.15, -0.1) is 11.3 Å². The van der Waals surface area contributed by atoms with Crippen LogP contribution >= 0.6 is 22.9 Å². The fraction of sp³-hybridized carbons (Fsp3) is 0.167.